The van der Waals surface area contributed by atoms with Crippen LogP contribution in [0.15, 0.2) is 36.4 Å². The monoisotopic (exact) mass is 277 g/mol. The Labute approximate surface area is 120 Å². The first-order valence-corrected chi connectivity index (χ1v) is 7.12. The van der Waals surface area contributed by atoms with E-state index in [2.05, 4.69) is 17.5 Å². The highest BCUT2D eigenvalue weighted by Crippen LogP contribution is 2.25. The van der Waals surface area contributed by atoms with Crippen molar-refractivity contribution in [2.24, 2.45) is 0 Å². The lowest BCUT2D eigenvalue weighted by Crippen LogP contribution is -2.38. The number of aliphatic hydroxyl groups is 1. The summed E-state index contributed by atoms with van der Waals surface area (Å²) in [5, 5.41) is 13.3. The molecule has 4 heteroatoms. The Bertz CT molecular complexity index is 433. The van der Waals surface area contributed by atoms with Gasteiger partial charge in [0.15, 0.2) is 11.5 Å². The molecular formula is C16H23NO3. The third kappa shape index (κ3) is 4.54. The van der Waals surface area contributed by atoms with Crippen molar-refractivity contribution >= 4 is 0 Å². The average molecular weight is 277 g/mol. The lowest BCUT2D eigenvalue weighted by Gasteiger charge is -2.21. The van der Waals surface area contributed by atoms with Crippen LogP contribution in [0.25, 0.3) is 0 Å². The zero-order valence-corrected chi connectivity index (χ0v) is 11.9. The van der Waals surface area contributed by atoms with Gasteiger partial charge in [0.2, 0.25) is 0 Å². The molecule has 110 valence electrons. The van der Waals surface area contributed by atoms with Crippen molar-refractivity contribution < 1.29 is 14.6 Å². The largest absolute Gasteiger partial charge is 0.493 e. The van der Waals surface area contributed by atoms with Crippen LogP contribution in [0, 0.1) is 0 Å². The maximum atomic E-state index is 9.96. The van der Waals surface area contributed by atoms with Crippen LogP contribution in [0.3, 0.4) is 0 Å². The molecule has 0 aromatic heterocycles. The van der Waals surface area contributed by atoms with Crippen molar-refractivity contribution in [2.75, 3.05) is 20.3 Å². The number of methoxy groups -OCH3 is 1. The highest BCUT2D eigenvalue weighted by atomic mass is 16.5. The summed E-state index contributed by atoms with van der Waals surface area (Å²) in [6.45, 7) is 0.809. The van der Waals surface area contributed by atoms with E-state index in [1.54, 1.807) is 7.11 Å². The fourth-order valence-corrected chi connectivity index (χ4v) is 2.26. The fraction of sp³-hybridized carbons (Fsp3) is 0.500. The number of hydrogen-bond donors (Lipinski definition) is 2. The second kappa shape index (κ2) is 7.92. The molecule has 0 aliphatic heterocycles. The molecule has 2 unspecified atom stereocenters. The molecule has 1 aromatic rings. The Balaban J connectivity index is 1.71. The van der Waals surface area contributed by atoms with Crippen molar-refractivity contribution in [3.05, 3.63) is 36.4 Å². The summed E-state index contributed by atoms with van der Waals surface area (Å²) in [5.74, 6) is 1.35. The van der Waals surface area contributed by atoms with Gasteiger partial charge in [0.25, 0.3) is 0 Å². The normalized spacial score (nSPS) is 19.6. The second-order valence-electron chi connectivity index (χ2n) is 5.01. The minimum absolute atomic E-state index is 0.260. The van der Waals surface area contributed by atoms with Gasteiger partial charge < -0.3 is 19.9 Å². The summed E-state index contributed by atoms with van der Waals surface area (Å²) in [5.41, 5.74) is 0. The molecule has 4 nitrogen and oxygen atoms in total. The van der Waals surface area contributed by atoms with Crippen LogP contribution in [-0.2, 0) is 0 Å². The second-order valence-corrected chi connectivity index (χ2v) is 5.01. The summed E-state index contributed by atoms with van der Waals surface area (Å²) >= 11 is 0. The molecule has 0 spiro atoms. The van der Waals surface area contributed by atoms with E-state index in [1.807, 2.05) is 24.3 Å². The molecule has 20 heavy (non-hydrogen) atoms. The van der Waals surface area contributed by atoms with E-state index in [0.29, 0.717) is 24.1 Å². The van der Waals surface area contributed by atoms with Crippen LogP contribution in [0.2, 0.25) is 0 Å². The van der Waals surface area contributed by atoms with E-state index < -0.39 is 6.10 Å². The summed E-state index contributed by atoms with van der Waals surface area (Å²) in [6, 6.07) is 7.93. The molecule has 2 rings (SSSR count). The Kier molecular flexibility index (Phi) is 5.89. The SMILES string of the molecule is COc1ccccc1OCC(O)CNC1CC=CCC1. The van der Waals surface area contributed by atoms with Crippen LogP contribution in [-0.4, -0.2) is 37.5 Å². The van der Waals surface area contributed by atoms with Crippen LogP contribution in [0.4, 0.5) is 0 Å². The van der Waals surface area contributed by atoms with E-state index in [-0.39, 0.29) is 6.61 Å². The summed E-state index contributed by atoms with van der Waals surface area (Å²) < 4.78 is 10.8. The van der Waals surface area contributed by atoms with E-state index in [0.717, 1.165) is 19.3 Å². The molecule has 1 aliphatic carbocycles. The maximum Gasteiger partial charge on any atom is 0.161 e. The van der Waals surface area contributed by atoms with Gasteiger partial charge >= 0.3 is 0 Å². The number of nitrogens with one attached hydrogen (secondary N) is 1. The Morgan fingerprint density at radius 2 is 2.10 bits per heavy atom. The van der Waals surface area contributed by atoms with Gasteiger partial charge in [-0.05, 0) is 31.4 Å². The van der Waals surface area contributed by atoms with E-state index in [1.165, 1.54) is 0 Å². The number of hydrogen-bond acceptors (Lipinski definition) is 4. The third-order valence-electron chi connectivity index (χ3n) is 3.41. The van der Waals surface area contributed by atoms with Gasteiger partial charge in [0.1, 0.15) is 12.7 Å². The van der Waals surface area contributed by atoms with Crippen LogP contribution < -0.4 is 14.8 Å². The first kappa shape index (κ1) is 14.9. The molecule has 0 bridgehead atoms. The number of benzene rings is 1. The third-order valence-corrected chi connectivity index (χ3v) is 3.41. The zero-order valence-electron chi connectivity index (χ0n) is 11.9. The minimum Gasteiger partial charge on any atom is -0.493 e. The number of aliphatic hydroxyl groups excluding tert-OH is 1. The van der Waals surface area contributed by atoms with Gasteiger partial charge in [-0.2, -0.15) is 0 Å². The fourth-order valence-electron chi connectivity index (χ4n) is 2.26. The first-order valence-electron chi connectivity index (χ1n) is 7.12. The lowest BCUT2D eigenvalue weighted by molar-refractivity contribution is 0.101. The van der Waals surface area contributed by atoms with E-state index in [4.69, 9.17) is 9.47 Å². The van der Waals surface area contributed by atoms with Gasteiger partial charge in [-0.1, -0.05) is 24.3 Å². The van der Waals surface area contributed by atoms with Crippen molar-refractivity contribution in [3.8, 4) is 11.5 Å². The van der Waals surface area contributed by atoms with Gasteiger partial charge in [-0.25, -0.2) is 0 Å². The standard InChI is InChI=1S/C16H23NO3/c1-19-15-9-5-6-10-16(15)20-12-14(18)11-17-13-7-3-2-4-8-13/h2-3,5-6,9-10,13-14,17-18H,4,7-8,11-12H2,1H3. The minimum atomic E-state index is -0.522. The van der Waals surface area contributed by atoms with Gasteiger partial charge in [0.05, 0.1) is 7.11 Å². The number of para-hydroxylation sites is 2. The van der Waals surface area contributed by atoms with E-state index >= 15 is 0 Å². The quantitative estimate of drug-likeness (QED) is 0.750. The van der Waals surface area contributed by atoms with Crippen molar-refractivity contribution in [1.29, 1.82) is 0 Å². The van der Waals surface area contributed by atoms with Crippen molar-refractivity contribution in [3.63, 3.8) is 0 Å². The molecule has 0 radical (unpaired) electrons. The van der Waals surface area contributed by atoms with Gasteiger partial charge in [0, 0.05) is 12.6 Å². The number of allylic oxidation sites excluding steroid dienone is 1. The topological polar surface area (TPSA) is 50.7 Å². The van der Waals surface area contributed by atoms with Gasteiger partial charge in [-0.3, -0.25) is 0 Å². The molecule has 1 aromatic carbocycles. The maximum absolute atomic E-state index is 9.96. The average Bonchev–Trinajstić information content (AvgIpc) is 2.52. The predicted molar refractivity (Wildman–Crippen MR) is 79.3 cm³/mol. The summed E-state index contributed by atoms with van der Waals surface area (Å²) in [4.78, 5) is 0. The molecule has 2 N–H and O–H groups in total. The molecule has 0 fully saturated rings. The van der Waals surface area contributed by atoms with Crippen LogP contribution >= 0.6 is 0 Å². The molecular weight excluding hydrogens is 254 g/mol. The zero-order chi connectivity index (χ0) is 14.2. The highest BCUT2D eigenvalue weighted by Gasteiger charge is 2.12. The molecule has 2 atom stereocenters. The van der Waals surface area contributed by atoms with Crippen LogP contribution in [0.5, 0.6) is 11.5 Å². The highest BCUT2D eigenvalue weighted by molar-refractivity contribution is 5.39. The van der Waals surface area contributed by atoms with Crippen molar-refractivity contribution in [1.82, 2.24) is 5.32 Å². The number of ether oxygens (including phenoxy) is 2. The number of rotatable bonds is 7. The molecule has 0 saturated carbocycles. The smallest absolute Gasteiger partial charge is 0.161 e. The van der Waals surface area contributed by atoms with Gasteiger partial charge in [-0.15, -0.1) is 0 Å². The molecule has 0 saturated heterocycles. The predicted octanol–water partition coefficient (Wildman–Crippen LogP) is 2.13. The molecule has 0 heterocycles. The van der Waals surface area contributed by atoms with Crippen molar-refractivity contribution in [2.45, 2.75) is 31.4 Å². The summed E-state index contributed by atoms with van der Waals surface area (Å²) in [7, 11) is 1.61. The Morgan fingerprint density at radius 3 is 2.80 bits per heavy atom. The Morgan fingerprint density at radius 1 is 1.30 bits per heavy atom. The van der Waals surface area contributed by atoms with Crippen LogP contribution in [0.1, 0.15) is 19.3 Å². The molecule has 1 aliphatic rings. The van der Waals surface area contributed by atoms with E-state index in [9.17, 15) is 5.11 Å². The first-order chi connectivity index (χ1) is 9.79. The lowest BCUT2D eigenvalue weighted by atomic mass is 10.0. The summed E-state index contributed by atoms with van der Waals surface area (Å²) in [6.07, 6.45) is 7.17. The molecule has 0 amide bonds. The Hall–Kier alpha value is -1.52.